The maximum absolute atomic E-state index is 12.5. The maximum Gasteiger partial charge on any atom is 1.00 e. The SMILES string of the molecule is Nc1ccc2cc(S(=O)(=O)[O-])cc(O)c2c1N=Nc1cc(NC(=O)c2ccccc2)ccc1S(=O)(=O)[O-].[Na+].[Na+]. The largest absolute Gasteiger partial charge is 1.00 e. The van der Waals surface area contributed by atoms with Crippen molar-refractivity contribution in [3.05, 3.63) is 78.4 Å². The molecule has 0 radical (unpaired) electrons. The fourth-order valence-corrected chi connectivity index (χ4v) is 4.57. The zero-order valence-corrected chi connectivity index (χ0v) is 26.2. The van der Waals surface area contributed by atoms with Crippen molar-refractivity contribution in [2.24, 2.45) is 10.2 Å². The number of nitrogens with zero attached hydrogens (tertiary/aromatic N) is 2. The predicted molar refractivity (Wildman–Crippen MR) is 131 cm³/mol. The van der Waals surface area contributed by atoms with E-state index in [0.717, 1.165) is 24.3 Å². The first kappa shape index (κ1) is 32.8. The van der Waals surface area contributed by atoms with Crippen molar-refractivity contribution in [2.75, 3.05) is 11.1 Å². The van der Waals surface area contributed by atoms with E-state index in [4.69, 9.17) is 5.73 Å². The number of anilines is 2. The number of nitrogens with two attached hydrogens (primary N) is 1. The zero-order valence-electron chi connectivity index (χ0n) is 20.5. The fraction of sp³-hybridized carbons (Fsp3) is 0. The number of hydrogen-bond donors (Lipinski definition) is 3. The van der Waals surface area contributed by atoms with E-state index in [-0.39, 0.29) is 86.9 Å². The molecule has 4 aromatic rings. The standard InChI is InChI=1S/C23H18N4O8S2.2Na/c24-17-8-6-14-10-16(36(30,31)32)12-19(28)21(14)22(17)27-26-18-11-15(7-9-20(18)37(33,34)35)25-23(29)13-4-2-1-3-5-13;;/h1-12,28H,24H2,(H,25,29)(H,30,31,32)(H,33,34,35);;/q;2*+1/p-2. The molecule has 0 bridgehead atoms. The Kier molecular flexibility index (Phi) is 10.8. The Bertz CT molecular complexity index is 1800. The number of nitrogens with one attached hydrogen (secondary N) is 1. The van der Waals surface area contributed by atoms with Gasteiger partial charge in [0.1, 0.15) is 37.4 Å². The van der Waals surface area contributed by atoms with Gasteiger partial charge in [0.05, 0.1) is 20.9 Å². The summed E-state index contributed by atoms with van der Waals surface area (Å²) in [5.74, 6) is -1.15. The average Bonchev–Trinajstić information content (AvgIpc) is 2.83. The maximum atomic E-state index is 12.5. The smallest absolute Gasteiger partial charge is 0.744 e. The van der Waals surface area contributed by atoms with Gasteiger partial charge in [0.15, 0.2) is 0 Å². The minimum absolute atomic E-state index is 0. The van der Waals surface area contributed by atoms with E-state index >= 15 is 0 Å². The van der Waals surface area contributed by atoms with Gasteiger partial charge in [0.25, 0.3) is 5.91 Å². The number of hydrogen-bond acceptors (Lipinski definition) is 11. The van der Waals surface area contributed by atoms with E-state index in [1.54, 1.807) is 30.3 Å². The van der Waals surface area contributed by atoms with E-state index in [1.165, 1.54) is 18.2 Å². The van der Waals surface area contributed by atoms with Crippen LogP contribution in [0.3, 0.4) is 0 Å². The third-order valence-corrected chi connectivity index (χ3v) is 6.84. The molecular formula is C23H16N4Na2O8S2. The summed E-state index contributed by atoms with van der Waals surface area (Å²) in [6.07, 6.45) is 0. The third kappa shape index (κ3) is 7.64. The Hall–Kier alpha value is -2.37. The monoisotopic (exact) mass is 586 g/mol. The second kappa shape index (κ2) is 12.9. The molecule has 0 saturated heterocycles. The van der Waals surface area contributed by atoms with Crippen LogP contribution in [0.4, 0.5) is 22.7 Å². The second-order valence-corrected chi connectivity index (χ2v) is 10.4. The number of rotatable bonds is 6. The summed E-state index contributed by atoms with van der Waals surface area (Å²) in [6.45, 7) is 0. The molecular weight excluding hydrogens is 570 g/mol. The Morgan fingerprint density at radius 1 is 0.846 bits per heavy atom. The topological polar surface area (TPSA) is 214 Å². The Labute approximate surface area is 267 Å². The van der Waals surface area contributed by atoms with Crippen molar-refractivity contribution in [1.29, 1.82) is 0 Å². The molecule has 4 rings (SSSR count). The molecule has 0 heterocycles. The summed E-state index contributed by atoms with van der Waals surface area (Å²) in [5, 5.41) is 20.7. The summed E-state index contributed by atoms with van der Waals surface area (Å²) in [5.41, 5.74) is 5.72. The molecule has 0 aliphatic heterocycles. The fourth-order valence-electron chi connectivity index (χ4n) is 3.45. The number of carbonyl (C=O) groups excluding carboxylic acids is 1. The summed E-state index contributed by atoms with van der Waals surface area (Å²) >= 11 is 0. The van der Waals surface area contributed by atoms with Gasteiger partial charge in [-0.2, -0.15) is 0 Å². The number of azo groups is 1. The van der Waals surface area contributed by atoms with Gasteiger partial charge in [0, 0.05) is 11.3 Å². The Morgan fingerprint density at radius 2 is 1.51 bits per heavy atom. The molecule has 0 spiro atoms. The van der Waals surface area contributed by atoms with Crippen LogP contribution in [0.5, 0.6) is 5.75 Å². The van der Waals surface area contributed by atoms with Gasteiger partial charge >= 0.3 is 59.1 Å². The molecule has 12 nitrogen and oxygen atoms in total. The van der Waals surface area contributed by atoms with Crippen LogP contribution < -0.4 is 70.2 Å². The van der Waals surface area contributed by atoms with Gasteiger partial charge in [-0.15, -0.1) is 10.2 Å². The van der Waals surface area contributed by atoms with E-state index < -0.39 is 47.4 Å². The van der Waals surface area contributed by atoms with Crippen LogP contribution >= 0.6 is 0 Å². The third-order valence-electron chi connectivity index (χ3n) is 5.14. The minimum atomic E-state index is -5.02. The number of amides is 1. The van der Waals surface area contributed by atoms with Crippen molar-refractivity contribution in [1.82, 2.24) is 0 Å². The van der Waals surface area contributed by atoms with Crippen LogP contribution in [-0.4, -0.2) is 37.0 Å². The predicted octanol–water partition coefficient (Wildman–Crippen LogP) is -2.39. The first-order valence-corrected chi connectivity index (χ1v) is 13.1. The molecule has 0 aliphatic carbocycles. The molecule has 0 unspecified atom stereocenters. The van der Waals surface area contributed by atoms with Gasteiger partial charge in [-0.1, -0.05) is 24.3 Å². The first-order chi connectivity index (χ1) is 17.3. The minimum Gasteiger partial charge on any atom is -0.744 e. The molecule has 16 heteroatoms. The average molecular weight is 587 g/mol. The number of aromatic hydroxyl groups is 1. The van der Waals surface area contributed by atoms with Crippen LogP contribution in [-0.2, 0) is 20.2 Å². The van der Waals surface area contributed by atoms with Crippen LogP contribution in [0.15, 0.2) is 92.8 Å². The quantitative estimate of drug-likeness (QED) is 0.0950. The van der Waals surface area contributed by atoms with Gasteiger partial charge in [0.2, 0.25) is 0 Å². The molecule has 1 amide bonds. The first-order valence-electron chi connectivity index (χ1n) is 10.2. The Balaban J connectivity index is 0.00000267. The van der Waals surface area contributed by atoms with Gasteiger partial charge < -0.3 is 25.3 Å². The van der Waals surface area contributed by atoms with E-state index in [2.05, 4.69) is 15.5 Å². The van der Waals surface area contributed by atoms with Gasteiger partial charge in [-0.05, 0) is 53.9 Å². The van der Waals surface area contributed by atoms with Crippen LogP contribution in [0.2, 0.25) is 0 Å². The summed E-state index contributed by atoms with van der Waals surface area (Å²) < 4.78 is 69.5. The number of phenolic OH excluding ortho intramolecular Hbond substituents is 1. The van der Waals surface area contributed by atoms with Crippen molar-refractivity contribution in [2.45, 2.75) is 9.79 Å². The van der Waals surface area contributed by atoms with Crippen molar-refractivity contribution >= 4 is 59.7 Å². The van der Waals surface area contributed by atoms with Crippen molar-refractivity contribution < 1.29 is 95.0 Å². The molecule has 0 aliphatic rings. The molecule has 0 atom stereocenters. The number of fused-ring (bicyclic) bond motifs is 1. The number of phenols is 1. The molecule has 4 aromatic carbocycles. The second-order valence-electron chi connectivity index (χ2n) is 7.65. The molecule has 4 N–H and O–H groups in total. The van der Waals surface area contributed by atoms with Crippen molar-refractivity contribution in [3.63, 3.8) is 0 Å². The van der Waals surface area contributed by atoms with Gasteiger partial charge in [-0.25, -0.2) is 16.8 Å². The van der Waals surface area contributed by atoms with E-state index in [9.17, 15) is 35.8 Å². The molecule has 0 fully saturated rings. The number of carbonyl (C=O) groups is 1. The zero-order chi connectivity index (χ0) is 27.0. The van der Waals surface area contributed by atoms with E-state index in [1.807, 2.05) is 0 Å². The molecule has 0 aromatic heterocycles. The van der Waals surface area contributed by atoms with Crippen LogP contribution in [0.1, 0.15) is 10.4 Å². The van der Waals surface area contributed by atoms with E-state index in [0.29, 0.717) is 5.56 Å². The normalized spacial score (nSPS) is 11.5. The molecule has 190 valence electrons. The van der Waals surface area contributed by atoms with Crippen LogP contribution in [0, 0.1) is 0 Å². The molecule has 39 heavy (non-hydrogen) atoms. The summed E-state index contributed by atoms with van der Waals surface area (Å²) in [4.78, 5) is 11.0. The summed E-state index contributed by atoms with van der Waals surface area (Å²) in [6, 6.07) is 15.8. The van der Waals surface area contributed by atoms with Crippen LogP contribution in [0.25, 0.3) is 10.8 Å². The van der Waals surface area contributed by atoms with Crippen molar-refractivity contribution in [3.8, 4) is 5.75 Å². The Morgan fingerprint density at radius 3 is 2.13 bits per heavy atom. The summed E-state index contributed by atoms with van der Waals surface area (Å²) in [7, 11) is -9.90. The number of nitrogen functional groups attached to an aromatic ring is 1. The number of benzene rings is 4. The van der Waals surface area contributed by atoms with Gasteiger partial charge in [-0.3, -0.25) is 4.79 Å². The molecule has 0 saturated carbocycles.